The summed E-state index contributed by atoms with van der Waals surface area (Å²) in [5.41, 5.74) is 0. The lowest BCUT2D eigenvalue weighted by atomic mass is 9.94. The van der Waals surface area contributed by atoms with Crippen molar-refractivity contribution >= 4 is 0 Å². The van der Waals surface area contributed by atoms with Gasteiger partial charge in [-0.15, -0.1) is 0 Å². The Bertz CT molecular complexity index is 188. The van der Waals surface area contributed by atoms with Crippen LogP contribution in [0, 0.1) is 23.7 Å². The zero-order valence-electron chi connectivity index (χ0n) is 15.9. The molecule has 0 aromatic carbocycles. The average Bonchev–Trinajstić information content (AvgIpc) is 2.34. The van der Waals surface area contributed by atoms with Crippen LogP contribution in [0.15, 0.2) is 0 Å². The molecule has 0 aromatic heterocycles. The van der Waals surface area contributed by atoms with Gasteiger partial charge in [-0.05, 0) is 62.4 Å². The van der Waals surface area contributed by atoms with E-state index in [1.807, 2.05) is 0 Å². The summed E-state index contributed by atoms with van der Waals surface area (Å²) in [5.74, 6) is 3.53. The molecule has 1 heteroatoms. The number of hydrogen-bond donors (Lipinski definition) is 1. The molecule has 1 N–H and O–H groups in total. The van der Waals surface area contributed by atoms with Gasteiger partial charge in [-0.3, -0.25) is 0 Å². The molecule has 0 radical (unpaired) electrons. The molecule has 1 nitrogen and oxygen atoms in total. The summed E-state index contributed by atoms with van der Waals surface area (Å²) >= 11 is 0. The third-order valence-corrected chi connectivity index (χ3v) is 4.35. The highest BCUT2D eigenvalue weighted by Gasteiger charge is 2.05. The molecule has 0 bridgehead atoms. The van der Waals surface area contributed by atoms with Gasteiger partial charge in [0.05, 0.1) is 0 Å². The summed E-state index contributed by atoms with van der Waals surface area (Å²) in [5, 5.41) is 3.61. The summed E-state index contributed by atoms with van der Waals surface area (Å²) in [4.78, 5) is 0. The normalized spacial score (nSPS) is 14.9. The van der Waals surface area contributed by atoms with Crippen molar-refractivity contribution in [2.45, 2.75) is 92.9 Å². The molecule has 0 aromatic rings. The second kappa shape index (κ2) is 13.6. The Labute approximate surface area is 135 Å². The van der Waals surface area contributed by atoms with Crippen molar-refractivity contribution < 1.29 is 0 Å². The third-order valence-electron chi connectivity index (χ3n) is 4.35. The summed E-state index contributed by atoms with van der Waals surface area (Å²) in [6.07, 6.45) is 11.1. The molecule has 0 aliphatic heterocycles. The number of unbranched alkanes of at least 4 members (excludes halogenated alkanes) is 2. The van der Waals surface area contributed by atoms with Gasteiger partial charge in [-0.1, -0.05) is 67.2 Å². The minimum atomic E-state index is 0.858. The van der Waals surface area contributed by atoms with E-state index in [-0.39, 0.29) is 0 Å². The largest absolute Gasteiger partial charge is 0.317 e. The molecule has 0 heterocycles. The van der Waals surface area contributed by atoms with Crippen molar-refractivity contribution in [3.8, 4) is 0 Å². The number of hydrogen-bond acceptors (Lipinski definition) is 1. The van der Waals surface area contributed by atoms with Crippen molar-refractivity contribution in [1.82, 2.24) is 5.32 Å². The van der Waals surface area contributed by atoms with Crippen LogP contribution in [-0.2, 0) is 0 Å². The maximum atomic E-state index is 3.61. The van der Waals surface area contributed by atoms with E-state index in [4.69, 9.17) is 0 Å². The van der Waals surface area contributed by atoms with Crippen LogP contribution in [0.2, 0.25) is 0 Å². The van der Waals surface area contributed by atoms with E-state index >= 15 is 0 Å². The van der Waals surface area contributed by atoms with E-state index < -0.39 is 0 Å². The molecule has 0 rings (SSSR count). The zero-order valence-corrected chi connectivity index (χ0v) is 15.9. The van der Waals surface area contributed by atoms with Gasteiger partial charge >= 0.3 is 0 Å². The molecular formula is C20H43N. The van der Waals surface area contributed by atoms with Gasteiger partial charge in [0.25, 0.3) is 0 Å². The average molecular weight is 298 g/mol. The molecule has 0 spiro atoms. The summed E-state index contributed by atoms with van der Waals surface area (Å²) in [6, 6.07) is 0. The maximum Gasteiger partial charge on any atom is -0.00489 e. The Hall–Kier alpha value is -0.0400. The van der Waals surface area contributed by atoms with Crippen molar-refractivity contribution in [3.05, 3.63) is 0 Å². The fraction of sp³-hybridized carbons (Fsp3) is 1.00. The van der Waals surface area contributed by atoms with E-state index in [1.165, 1.54) is 64.5 Å². The molecule has 21 heavy (non-hydrogen) atoms. The molecule has 0 saturated heterocycles. The molecule has 128 valence electrons. The summed E-state index contributed by atoms with van der Waals surface area (Å²) in [6.45, 7) is 16.6. The lowest BCUT2D eigenvalue weighted by Gasteiger charge is -2.14. The van der Waals surface area contributed by atoms with Crippen molar-refractivity contribution in [2.24, 2.45) is 23.7 Å². The Kier molecular flexibility index (Phi) is 13.6. The molecule has 2 unspecified atom stereocenters. The quantitative estimate of drug-likeness (QED) is 0.372. The van der Waals surface area contributed by atoms with Crippen LogP contribution in [0.4, 0.5) is 0 Å². The number of rotatable bonds is 14. The molecular weight excluding hydrogens is 254 g/mol. The van der Waals surface area contributed by atoms with Crippen molar-refractivity contribution in [1.29, 1.82) is 0 Å². The lowest BCUT2D eigenvalue weighted by molar-refractivity contribution is 0.393. The van der Waals surface area contributed by atoms with Crippen LogP contribution < -0.4 is 5.32 Å². The highest BCUT2D eigenvalue weighted by Crippen LogP contribution is 2.17. The lowest BCUT2D eigenvalue weighted by Crippen LogP contribution is -2.17. The van der Waals surface area contributed by atoms with Crippen molar-refractivity contribution in [2.75, 3.05) is 13.1 Å². The predicted molar refractivity (Wildman–Crippen MR) is 97.8 cm³/mol. The molecule has 0 amide bonds. The Balaban J connectivity index is 3.22. The standard InChI is InChI=1S/C20H43N/c1-17(2)15-19(5)11-7-9-13-21-14-10-8-12-20(6)16-18(3)4/h17-21H,7-16H2,1-6H3. The zero-order chi connectivity index (χ0) is 16.1. The molecule has 0 aliphatic carbocycles. The highest BCUT2D eigenvalue weighted by atomic mass is 14.8. The van der Waals surface area contributed by atoms with E-state index in [0.29, 0.717) is 0 Å². The Morgan fingerprint density at radius 2 is 0.952 bits per heavy atom. The first-order valence-electron chi connectivity index (χ1n) is 9.62. The highest BCUT2D eigenvalue weighted by molar-refractivity contribution is 4.59. The van der Waals surface area contributed by atoms with Gasteiger partial charge in [0.2, 0.25) is 0 Å². The monoisotopic (exact) mass is 297 g/mol. The fourth-order valence-electron chi connectivity index (χ4n) is 3.46. The first-order valence-corrected chi connectivity index (χ1v) is 9.62. The van der Waals surface area contributed by atoms with Crippen LogP contribution in [0.5, 0.6) is 0 Å². The van der Waals surface area contributed by atoms with Gasteiger partial charge in [-0.25, -0.2) is 0 Å². The fourth-order valence-corrected chi connectivity index (χ4v) is 3.46. The molecule has 0 aliphatic rings. The Morgan fingerprint density at radius 1 is 0.571 bits per heavy atom. The summed E-state index contributed by atoms with van der Waals surface area (Å²) in [7, 11) is 0. The second-order valence-corrected chi connectivity index (χ2v) is 8.21. The van der Waals surface area contributed by atoms with Crippen LogP contribution in [-0.4, -0.2) is 13.1 Å². The van der Waals surface area contributed by atoms with E-state index in [2.05, 4.69) is 46.9 Å². The first-order chi connectivity index (χ1) is 9.91. The molecule has 0 saturated carbocycles. The molecule has 0 fully saturated rings. The minimum absolute atomic E-state index is 0.858. The van der Waals surface area contributed by atoms with Crippen LogP contribution >= 0.6 is 0 Å². The minimum Gasteiger partial charge on any atom is -0.317 e. The van der Waals surface area contributed by atoms with Gasteiger partial charge in [0.1, 0.15) is 0 Å². The summed E-state index contributed by atoms with van der Waals surface area (Å²) < 4.78 is 0. The van der Waals surface area contributed by atoms with Crippen LogP contribution in [0.25, 0.3) is 0 Å². The maximum absolute atomic E-state index is 3.61. The van der Waals surface area contributed by atoms with Gasteiger partial charge in [0.15, 0.2) is 0 Å². The smallest absolute Gasteiger partial charge is 0.00489 e. The molecule has 2 atom stereocenters. The van der Waals surface area contributed by atoms with E-state index in [1.54, 1.807) is 0 Å². The first kappa shape index (κ1) is 21.0. The van der Waals surface area contributed by atoms with Crippen molar-refractivity contribution in [3.63, 3.8) is 0 Å². The predicted octanol–water partition coefficient (Wildman–Crippen LogP) is 6.28. The Morgan fingerprint density at radius 3 is 1.29 bits per heavy atom. The van der Waals surface area contributed by atoms with Crippen LogP contribution in [0.3, 0.4) is 0 Å². The topological polar surface area (TPSA) is 12.0 Å². The third kappa shape index (κ3) is 16.2. The van der Waals surface area contributed by atoms with E-state index in [9.17, 15) is 0 Å². The van der Waals surface area contributed by atoms with Gasteiger partial charge in [-0.2, -0.15) is 0 Å². The van der Waals surface area contributed by atoms with E-state index in [0.717, 1.165) is 23.7 Å². The number of nitrogens with one attached hydrogen (secondary N) is 1. The van der Waals surface area contributed by atoms with Gasteiger partial charge in [0, 0.05) is 0 Å². The second-order valence-electron chi connectivity index (χ2n) is 8.21. The van der Waals surface area contributed by atoms with Gasteiger partial charge < -0.3 is 5.32 Å². The SMILES string of the molecule is CC(C)CC(C)CCCCNCCCCC(C)CC(C)C. The van der Waals surface area contributed by atoms with Crippen LogP contribution in [0.1, 0.15) is 92.9 Å².